The molecule has 2 aromatic heterocycles. The Morgan fingerprint density at radius 1 is 1.14 bits per heavy atom. The highest BCUT2D eigenvalue weighted by Gasteiger charge is 2.31. The fraction of sp³-hybridized carbons (Fsp3) is 0.667. The third kappa shape index (κ3) is 3.46. The number of hydrogen-bond donors (Lipinski definition) is 0. The molecule has 8 nitrogen and oxygen atoms in total. The van der Waals surface area contributed by atoms with E-state index in [2.05, 4.69) is 20.3 Å². The topological polar surface area (TPSA) is 112 Å². The third-order valence-corrected chi connectivity index (χ3v) is 4.82. The van der Waals surface area contributed by atoms with Gasteiger partial charge in [0.05, 0.1) is 0 Å². The van der Waals surface area contributed by atoms with Crippen LogP contribution < -0.4 is 0 Å². The summed E-state index contributed by atoms with van der Waals surface area (Å²) < 4.78 is 34.5. The molecule has 1 atom stereocenters. The largest absolute Gasteiger partial charge is 0.338 e. The van der Waals surface area contributed by atoms with Gasteiger partial charge in [-0.3, -0.25) is 0 Å². The molecule has 116 valence electrons. The van der Waals surface area contributed by atoms with Crippen molar-refractivity contribution in [3.8, 4) is 0 Å². The van der Waals surface area contributed by atoms with E-state index >= 15 is 0 Å². The number of aryl methyl sites for hydroxylation is 1. The van der Waals surface area contributed by atoms with Crippen molar-refractivity contribution in [3.05, 3.63) is 23.4 Å². The minimum absolute atomic E-state index is 0.0583. The van der Waals surface area contributed by atoms with Crippen molar-refractivity contribution in [3.63, 3.8) is 0 Å². The van der Waals surface area contributed by atoms with Crippen molar-refractivity contribution in [2.24, 2.45) is 0 Å². The minimum atomic E-state index is -3.58. The van der Waals surface area contributed by atoms with Gasteiger partial charge in [-0.25, -0.2) is 8.42 Å². The summed E-state index contributed by atoms with van der Waals surface area (Å²) in [7, 11) is -3.58. The lowest BCUT2D eigenvalue weighted by Crippen LogP contribution is -2.15. The number of aromatic nitrogens is 4. The smallest absolute Gasteiger partial charge is 0.244 e. The van der Waals surface area contributed by atoms with E-state index in [9.17, 15) is 8.42 Å². The van der Waals surface area contributed by atoms with Gasteiger partial charge in [0, 0.05) is 5.41 Å². The minimum Gasteiger partial charge on any atom is -0.338 e. The molecule has 0 aliphatic rings. The molecule has 0 spiro atoms. The van der Waals surface area contributed by atoms with Crippen molar-refractivity contribution in [2.75, 3.05) is 0 Å². The van der Waals surface area contributed by atoms with Crippen LogP contribution in [0.5, 0.6) is 0 Å². The van der Waals surface area contributed by atoms with Crippen molar-refractivity contribution < 1.29 is 17.5 Å². The highest BCUT2D eigenvalue weighted by molar-refractivity contribution is 7.90. The predicted molar refractivity (Wildman–Crippen MR) is 73.1 cm³/mol. The molecule has 2 rings (SSSR count). The van der Waals surface area contributed by atoms with E-state index in [1.54, 1.807) is 6.92 Å². The first-order valence-corrected chi connectivity index (χ1v) is 8.16. The zero-order chi connectivity index (χ0) is 15.8. The molecule has 9 heteroatoms. The summed E-state index contributed by atoms with van der Waals surface area (Å²) in [6, 6.07) is 0. The van der Waals surface area contributed by atoms with Gasteiger partial charge in [-0.2, -0.15) is 9.97 Å². The van der Waals surface area contributed by atoms with Crippen molar-refractivity contribution in [1.29, 1.82) is 0 Å². The maximum Gasteiger partial charge on any atom is 0.244 e. The van der Waals surface area contributed by atoms with Crippen LogP contribution in [0, 0.1) is 6.92 Å². The normalized spacial score (nSPS) is 14.3. The highest BCUT2D eigenvalue weighted by Crippen LogP contribution is 2.25. The Labute approximate surface area is 122 Å². The number of rotatable bonds is 4. The Morgan fingerprint density at radius 2 is 1.81 bits per heavy atom. The van der Waals surface area contributed by atoms with Gasteiger partial charge in [0.1, 0.15) is 11.0 Å². The molecule has 0 bridgehead atoms. The molecule has 0 amide bonds. The second-order valence-electron chi connectivity index (χ2n) is 5.89. The van der Waals surface area contributed by atoms with Crippen LogP contribution >= 0.6 is 0 Å². The molecule has 0 aliphatic carbocycles. The molecule has 2 heterocycles. The molecule has 0 saturated heterocycles. The molecule has 0 aromatic carbocycles. The SMILES string of the molecule is Cc1noc([C@H](C)S(=O)(=O)Cc2nc(C(C)(C)C)no2)n1. The van der Waals surface area contributed by atoms with Crippen LogP contribution in [0.4, 0.5) is 0 Å². The number of nitrogens with zero attached hydrogens (tertiary/aromatic N) is 4. The predicted octanol–water partition coefficient (Wildman–Crippen LogP) is 1.73. The van der Waals surface area contributed by atoms with Crippen LogP contribution in [0.15, 0.2) is 9.05 Å². The average molecular weight is 314 g/mol. The van der Waals surface area contributed by atoms with Crippen LogP contribution in [0.2, 0.25) is 0 Å². The summed E-state index contributed by atoms with van der Waals surface area (Å²) in [6.45, 7) is 8.86. The maximum absolute atomic E-state index is 12.3. The van der Waals surface area contributed by atoms with Crippen LogP contribution in [-0.2, 0) is 21.0 Å². The summed E-state index contributed by atoms with van der Waals surface area (Å²) in [6.07, 6.45) is 0. The Bertz CT molecular complexity index is 727. The van der Waals surface area contributed by atoms with Gasteiger partial charge in [0.25, 0.3) is 0 Å². The number of hydrogen-bond acceptors (Lipinski definition) is 8. The highest BCUT2D eigenvalue weighted by atomic mass is 32.2. The van der Waals surface area contributed by atoms with Gasteiger partial charge in [-0.05, 0) is 13.8 Å². The van der Waals surface area contributed by atoms with Crippen LogP contribution in [0.1, 0.15) is 56.4 Å². The Balaban J connectivity index is 2.19. The summed E-state index contributed by atoms with van der Waals surface area (Å²) in [4.78, 5) is 8.06. The molecule has 0 saturated carbocycles. The zero-order valence-corrected chi connectivity index (χ0v) is 13.4. The third-order valence-electron chi connectivity index (χ3n) is 2.89. The summed E-state index contributed by atoms with van der Waals surface area (Å²) in [5.74, 6) is 0.610. The summed E-state index contributed by atoms with van der Waals surface area (Å²) in [5, 5.41) is 6.47. The van der Waals surface area contributed by atoms with Gasteiger partial charge < -0.3 is 9.05 Å². The van der Waals surface area contributed by atoms with E-state index in [-0.39, 0.29) is 22.9 Å². The Kier molecular flexibility index (Phi) is 3.87. The van der Waals surface area contributed by atoms with Crippen LogP contribution in [0.3, 0.4) is 0 Å². The fourth-order valence-corrected chi connectivity index (χ4v) is 2.66. The molecular formula is C12H18N4O4S. The van der Waals surface area contributed by atoms with E-state index in [1.165, 1.54) is 6.92 Å². The average Bonchev–Trinajstić information content (AvgIpc) is 2.96. The van der Waals surface area contributed by atoms with E-state index in [0.717, 1.165) is 0 Å². The fourth-order valence-electron chi connectivity index (χ4n) is 1.55. The first-order valence-electron chi connectivity index (χ1n) is 6.44. The molecule has 21 heavy (non-hydrogen) atoms. The van der Waals surface area contributed by atoms with E-state index in [1.807, 2.05) is 20.8 Å². The summed E-state index contributed by atoms with van der Waals surface area (Å²) in [5.41, 5.74) is -0.305. The van der Waals surface area contributed by atoms with Gasteiger partial charge in [0.2, 0.25) is 11.8 Å². The van der Waals surface area contributed by atoms with Crippen LogP contribution in [-0.4, -0.2) is 28.7 Å². The van der Waals surface area contributed by atoms with Gasteiger partial charge in [-0.1, -0.05) is 31.1 Å². The first kappa shape index (κ1) is 15.6. The summed E-state index contributed by atoms with van der Waals surface area (Å²) >= 11 is 0. The van der Waals surface area contributed by atoms with Gasteiger partial charge >= 0.3 is 0 Å². The molecule has 0 unspecified atom stereocenters. The second kappa shape index (κ2) is 5.21. The van der Waals surface area contributed by atoms with Crippen molar-refractivity contribution in [2.45, 2.75) is 51.0 Å². The molecule has 0 radical (unpaired) electrons. The standard InChI is InChI=1S/C12H18N4O4S/c1-7(10-13-8(2)15-20-10)21(17,18)6-9-14-11(16-19-9)12(3,4)5/h7H,6H2,1-5H3/t7-/m0/s1. The Hall–Kier alpha value is -1.77. The van der Waals surface area contributed by atoms with E-state index in [0.29, 0.717) is 11.6 Å². The molecular weight excluding hydrogens is 296 g/mol. The molecule has 0 aliphatic heterocycles. The van der Waals surface area contributed by atoms with Gasteiger partial charge in [-0.15, -0.1) is 0 Å². The quantitative estimate of drug-likeness (QED) is 0.838. The lowest BCUT2D eigenvalue weighted by Gasteiger charge is -2.11. The number of sulfone groups is 1. The van der Waals surface area contributed by atoms with Crippen molar-refractivity contribution in [1.82, 2.24) is 20.3 Å². The van der Waals surface area contributed by atoms with E-state index < -0.39 is 15.1 Å². The lowest BCUT2D eigenvalue weighted by molar-refractivity contribution is 0.366. The van der Waals surface area contributed by atoms with E-state index in [4.69, 9.17) is 9.05 Å². The second-order valence-corrected chi connectivity index (χ2v) is 8.21. The first-order chi connectivity index (χ1) is 9.59. The van der Waals surface area contributed by atoms with Crippen molar-refractivity contribution >= 4 is 9.84 Å². The Morgan fingerprint density at radius 3 is 2.29 bits per heavy atom. The van der Waals surface area contributed by atoms with Gasteiger partial charge in [0.15, 0.2) is 21.5 Å². The molecule has 0 N–H and O–H groups in total. The molecule has 0 fully saturated rings. The zero-order valence-electron chi connectivity index (χ0n) is 12.6. The lowest BCUT2D eigenvalue weighted by atomic mass is 9.96. The van der Waals surface area contributed by atoms with Crippen LogP contribution in [0.25, 0.3) is 0 Å². The molecule has 2 aromatic rings. The monoisotopic (exact) mass is 314 g/mol. The maximum atomic E-state index is 12.3.